The molecule has 0 unspecified atom stereocenters. The van der Waals surface area contributed by atoms with E-state index in [1.54, 1.807) is 36.7 Å². The molecule has 41 heteroatoms. The van der Waals surface area contributed by atoms with E-state index in [0.717, 1.165) is 76.1 Å². The molecule has 0 atom stereocenters. The van der Waals surface area contributed by atoms with Gasteiger partial charge >= 0.3 is 11.9 Å². The first-order valence-electron chi connectivity index (χ1n) is 23.9. The van der Waals surface area contributed by atoms with Gasteiger partial charge in [-0.1, -0.05) is 170 Å². The molecule has 93 heavy (non-hydrogen) atoms. The lowest BCUT2D eigenvalue weighted by Gasteiger charge is -2.04. The van der Waals surface area contributed by atoms with Gasteiger partial charge in [-0.25, -0.2) is 26.4 Å². The van der Waals surface area contributed by atoms with Crippen LogP contribution >= 0.6 is 186 Å². The van der Waals surface area contributed by atoms with Gasteiger partial charge in [0.05, 0.1) is 103 Å². The average Bonchev–Trinajstić information content (AvgIpc) is 1.72. The third-order valence-corrected chi connectivity index (χ3v) is 22.8. The molecule has 9 aromatic rings. The van der Waals surface area contributed by atoms with Gasteiger partial charge in [-0.05, 0) is 35.9 Å². The molecule has 0 amide bonds. The van der Waals surface area contributed by atoms with Crippen LogP contribution in [-0.4, -0.2) is 96.0 Å². The highest BCUT2D eigenvalue weighted by Gasteiger charge is 2.27. The number of hydrogen-bond donors (Lipinski definition) is 2. The van der Waals surface area contributed by atoms with Crippen molar-refractivity contribution in [3.8, 4) is 0 Å². The monoisotopic (exact) mass is 1620 g/mol. The number of nitro groups is 3. The summed E-state index contributed by atoms with van der Waals surface area (Å²) in [5, 5.41) is 36.0. The van der Waals surface area contributed by atoms with Crippen LogP contribution in [0.2, 0.25) is 49.5 Å². The van der Waals surface area contributed by atoms with Gasteiger partial charge in [-0.15, -0.1) is 34.0 Å². The number of esters is 2. The van der Waals surface area contributed by atoms with Gasteiger partial charge in [0.1, 0.15) is 18.2 Å². The van der Waals surface area contributed by atoms with Crippen molar-refractivity contribution in [2.75, 3.05) is 32.5 Å². The van der Waals surface area contributed by atoms with Crippen LogP contribution in [0.5, 0.6) is 0 Å². The molecule has 9 rings (SSSR count). The molecule has 0 fully saturated rings. The number of ether oxygens (including phenoxy) is 2. The van der Waals surface area contributed by atoms with Crippen molar-refractivity contribution < 1.29 is 55.5 Å². The molecule has 7 heterocycles. The fraction of sp³-hybridized carbons (Fsp3) is 0.0962. The fourth-order valence-electron chi connectivity index (χ4n) is 6.07. The topological polar surface area (TPSA) is 348 Å². The lowest BCUT2D eigenvalue weighted by molar-refractivity contribution is -0.387. The van der Waals surface area contributed by atoms with Crippen molar-refractivity contribution in [1.29, 1.82) is 0 Å². The largest absolute Gasteiger partial charge is 0.465 e. The predicted molar refractivity (Wildman–Crippen MR) is 370 cm³/mol. The Labute approximate surface area is 603 Å². The van der Waals surface area contributed by atoms with Crippen LogP contribution < -0.4 is 5.73 Å². The number of methoxy groups -OCH3 is 2. The lowest BCUT2D eigenvalue weighted by Crippen LogP contribution is -2.03. The summed E-state index contributed by atoms with van der Waals surface area (Å²) in [7, 11) is -4.12. The maximum absolute atomic E-state index is 12.7. The molecule has 2 aromatic carbocycles. The van der Waals surface area contributed by atoms with Crippen molar-refractivity contribution in [3.63, 3.8) is 0 Å². The van der Waals surface area contributed by atoms with E-state index in [2.05, 4.69) is 29.4 Å². The highest BCUT2D eigenvalue weighted by Crippen LogP contribution is 2.47. The van der Waals surface area contributed by atoms with Gasteiger partial charge in [-0.2, -0.15) is 0 Å². The normalized spacial score (nSPS) is 10.6. The molecule has 0 saturated carbocycles. The first-order valence-corrected chi connectivity index (χ1v) is 36.0. The molecular weight excluding hydrogens is 1590 g/mol. The van der Waals surface area contributed by atoms with Crippen molar-refractivity contribution in [1.82, 2.24) is 19.9 Å². The Morgan fingerprint density at radius 1 is 0.559 bits per heavy atom. The summed E-state index contributed by atoms with van der Waals surface area (Å²) in [4.78, 5) is 81.9. The number of sulfone groups is 2. The Bertz CT molecular complexity index is 4480. The number of rotatable bonds is 14. The number of pyridine rings is 4. The van der Waals surface area contributed by atoms with Gasteiger partial charge in [0.15, 0.2) is 29.8 Å². The highest BCUT2D eigenvalue weighted by molar-refractivity contribution is 8.02. The summed E-state index contributed by atoms with van der Waals surface area (Å²) in [6.07, 6.45) is 13.7. The minimum atomic E-state index is -3.41. The Morgan fingerprint density at radius 2 is 0.935 bits per heavy atom. The van der Waals surface area contributed by atoms with Crippen LogP contribution in [-0.2, 0) is 35.6 Å². The van der Waals surface area contributed by atoms with Crippen molar-refractivity contribution in [2.45, 2.75) is 34.4 Å². The first kappa shape index (κ1) is 79.9. The number of hydrogen-bond acceptors (Lipinski definition) is 25. The van der Waals surface area contributed by atoms with Crippen molar-refractivity contribution in [2.24, 2.45) is 0 Å². The molecule has 0 aliphatic heterocycles. The Morgan fingerprint density at radius 3 is 1.30 bits per heavy atom. The molecule has 3 N–H and O–H groups in total. The number of halogens is 10. The number of thiophene rings is 3. The zero-order valence-corrected chi connectivity index (χ0v) is 60.7. The number of nitrogens with zero attached hydrogens (tertiary/aromatic N) is 6. The minimum absolute atomic E-state index is 0.0228. The summed E-state index contributed by atoms with van der Waals surface area (Å²) >= 11 is 67.0. The second-order valence-electron chi connectivity index (χ2n) is 16.9. The van der Waals surface area contributed by atoms with E-state index in [1.165, 1.54) is 87.8 Å². The van der Waals surface area contributed by atoms with Gasteiger partial charge in [0.25, 0.3) is 17.1 Å². The zero-order chi connectivity index (χ0) is 69.8. The molecule has 0 saturated heterocycles. The fourth-order valence-corrected chi connectivity index (χ4v) is 15.1. The number of aromatic amines is 1. The van der Waals surface area contributed by atoms with Gasteiger partial charge < -0.3 is 20.2 Å². The van der Waals surface area contributed by atoms with Crippen LogP contribution in [0.4, 0.5) is 22.7 Å². The predicted octanol–water partition coefficient (Wildman–Crippen LogP) is 18.5. The van der Waals surface area contributed by atoms with Gasteiger partial charge in [0, 0.05) is 92.4 Å². The third-order valence-electron chi connectivity index (χ3n) is 10.3. The summed E-state index contributed by atoms with van der Waals surface area (Å²) in [6.45, 7) is 0. The number of Topliss-reactive ketones (excluding diaryl/α,β-unsaturated/α-hetero) is 1. The zero-order valence-electron chi connectivity index (χ0n) is 46.6. The molecule has 0 radical (unpaired) electrons. The summed E-state index contributed by atoms with van der Waals surface area (Å²) in [5.41, 5.74) is 5.65. The second-order valence-corrected chi connectivity index (χ2v) is 31.3. The third kappa shape index (κ3) is 24.6. The lowest BCUT2D eigenvalue weighted by atomic mass is 10.1. The summed E-state index contributed by atoms with van der Waals surface area (Å²) in [6, 6.07) is 15.7. The number of nitrogens with two attached hydrogens (primary N) is 1. The number of H-pyrrole nitrogens is 1. The Balaban J connectivity index is 0.000000254. The van der Waals surface area contributed by atoms with Gasteiger partial charge in [-0.3, -0.25) is 50.1 Å². The molecule has 23 nitrogen and oxygen atoms in total. The van der Waals surface area contributed by atoms with E-state index >= 15 is 0 Å². The molecule has 0 aliphatic carbocycles. The van der Waals surface area contributed by atoms with E-state index in [0.29, 0.717) is 50.7 Å². The first-order chi connectivity index (χ1) is 43.5. The van der Waals surface area contributed by atoms with Crippen LogP contribution in [0.1, 0.15) is 34.6 Å². The minimum Gasteiger partial charge on any atom is -0.465 e. The van der Waals surface area contributed by atoms with Crippen LogP contribution in [0.3, 0.4) is 0 Å². The van der Waals surface area contributed by atoms with Crippen molar-refractivity contribution in [3.05, 3.63) is 221 Å². The van der Waals surface area contributed by atoms with Gasteiger partial charge in [0.2, 0.25) is 0 Å². The number of nitrogens with one attached hydrogen (secondary N) is 1. The molecular formula is C52H36Cl10N8O15S8. The van der Waals surface area contributed by atoms with E-state index < -0.39 is 46.4 Å². The average molecular weight is 1620 g/mol. The standard InChI is InChI=1S/C18H12Cl2N2O5S3.C11H6Cl2N2O4S2.C7H9NO2S.C6H4ClNO4S.C5H2Cl3N.C5H3Cl2NS/c1-30(26,27)11-4-2-3-10(5-11)6-15(23)16-7-14(22(24)25)18(28-16)29-17-12(19)8-21-9-13(17)20;1-19-10(16)8-2-7(15(17)18)11(20-8)21-9-5(12)3-14-4-6(9)13;1-11(9,10)7-4-2-3-6(8)5-7;1-12-6(9)4-2-3(8(10)11)5(7)13-4;6-3-1-9-2-4(7)5(3)8;6-3-1-8-2-4(7)5(3)9/h2-5,7-9H,6H2,1H3;2-4H,1H3;2-5H,8H2,1H3;2H,1H3;1-2H;1-2H,(H,8,9). The molecule has 492 valence electrons. The quantitative estimate of drug-likeness (QED) is 0.0255. The number of aromatic nitrogens is 4. The Hall–Kier alpha value is -5.53. The molecule has 0 bridgehead atoms. The van der Waals surface area contributed by atoms with Crippen molar-refractivity contribution >= 4 is 246 Å². The Kier molecular flexibility index (Phi) is 31.9. The molecule has 0 spiro atoms. The highest BCUT2D eigenvalue weighted by atomic mass is 35.5. The van der Waals surface area contributed by atoms with E-state index in [-0.39, 0.29) is 86.5 Å². The maximum Gasteiger partial charge on any atom is 0.348 e. The molecule has 7 aromatic heterocycles. The summed E-state index contributed by atoms with van der Waals surface area (Å²) in [5.74, 6) is -1.63. The SMILES string of the molecule is COC(=O)c1cc([N+](=O)[O-])c(Cl)s1.COC(=O)c1cc([N+](=O)[O-])c(Sc2c(Cl)cncc2Cl)s1.CS(=O)(=O)c1cccc(CC(=O)c2cc([N+](=O)[O-])c(Sc3c(Cl)cncc3Cl)s2)c1.CS(=O)(=O)c1cccc(N)c1.Clc1cncc(Cl)c1Cl.S=c1c(Cl)c[nH]cc1Cl. The molecule has 0 aliphatic rings. The summed E-state index contributed by atoms with van der Waals surface area (Å²) < 4.78 is 55.2. The van der Waals surface area contributed by atoms with Crippen LogP contribution in [0, 0.1) is 34.9 Å². The number of anilines is 1. The number of carbonyl (C=O) groups excluding carboxylic acids is 3. The number of benzene rings is 2. The maximum atomic E-state index is 12.7. The van der Waals surface area contributed by atoms with Crippen LogP contribution in [0.15, 0.2) is 144 Å². The number of carbonyl (C=O) groups is 3. The second kappa shape index (κ2) is 37.1. The smallest absolute Gasteiger partial charge is 0.348 e. The van der Waals surface area contributed by atoms with E-state index in [1.807, 2.05) is 0 Å². The van der Waals surface area contributed by atoms with E-state index in [4.69, 9.17) is 134 Å². The number of ketones is 1. The number of nitrogen functional groups attached to an aromatic ring is 1. The van der Waals surface area contributed by atoms with E-state index in [9.17, 15) is 61.6 Å². The van der Waals surface area contributed by atoms with Crippen LogP contribution in [0.25, 0.3) is 0 Å².